The Bertz CT molecular complexity index is 642. The Morgan fingerprint density at radius 2 is 2.23 bits per heavy atom. The smallest absolute Gasteiger partial charge is 0.321 e. The highest BCUT2D eigenvalue weighted by Crippen LogP contribution is 2.41. The lowest BCUT2D eigenvalue weighted by atomic mass is 10.2. The molecule has 0 aromatic heterocycles. The predicted molar refractivity (Wildman–Crippen MR) is 101 cm³/mol. The van der Waals surface area contributed by atoms with Crippen LogP contribution in [0.5, 0.6) is 11.5 Å². The van der Waals surface area contributed by atoms with E-state index < -0.39 is 12.0 Å². The van der Waals surface area contributed by atoms with Crippen molar-refractivity contribution in [2.75, 3.05) is 52.3 Å². The molecule has 2 heterocycles. The number of morpholine rings is 1. The van der Waals surface area contributed by atoms with Crippen LogP contribution >= 0.6 is 23.4 Å². The van der Waals surface area contributed by atoms with E-state index in [-0.39, 0.29) is 5.37 Å². The van der Waals surface area contributed by atoms with Crippen molar-refractivity contribution < 1.29 is 24.1 Å². The summed E-state index contributed by atoms with van der Waals surface area (Å²) in [6.07, 6.45) is 0. The van der Waals surface area contributed by atoms with Gasteiger partial charge in [-0.2, -0.15) is 0 Å². The van der Waals surface area contributed by atoms with Gasteiger partial charge in [-0.25, -0.2) is 0 Å². The molecule has 1 aromatic carbocycles. The quantitative estimate of drug-likeness (QED) is 0.715. The van der Waals surface area contributed by atoms with Gasteiger partial charge >= 0.3 is 5.97 Å². The van der Waals surface area contributed by atoms with Crippen LogP contribution in [0.15, 0.2) is 12.1 Å². The summed E-state index contributed by atoms with van der Waals surface area (Å²) in [5, 5.41) is 12.5. The van der Waals surface area contributed by atoms with Crippen molar-refractivity contribution in [3.8, 4) is 11.5 Å². The maximum Gasteiger partial charge on any atom is 0.321 e. The predicted octanol–water partition coefficient (Wildman–Crippen LogP) is 1.85. The lowest BCUT2D eigenvalue weighted by Crippen LogP contribution is -2.38. The summed E-state index contributed by atoms with van der Waals surface area (Å²) < 4.78 is 16.7. The average Bonchev–Trinajstić information content (AvgIpc) is 3.14. The number of carboxylic acids is 1. The number of nitrogens with one attached hydrogen (secondary N) is 1. The number of rotatable bonds is 7. The van der Waals surface area contributed by atoms with Gasteiger partial charge in [-0.05, 0) is 17.7 Å². The number of nitrogens with zero attached hydrogens (tertiary/aromatic N) is 1. The zero-order valence-corrected chi connectivity index (χ0v) is 16.1. The van der Waals surface area contributed by atoms with Crippen LogP contribution < -0.4 is 14.8 Å². The van der Waals surface area contributed by atoms with E-state index in [0.717, 1.165) is 38.4 Å². The molecule has 1 aromatic rings. The van der Waals surface area contributed by atoms with Gasteiger partial charge < -0.3 is 19.3 Å². The zero-order chi connectivity index (χ0) is 18.5. The second kappa shape index (κ2) is 9.14. The van der Waals surface area contributed by atoms with Crippen LogP contribution in [-0.4, -0.2) is 74.3 Å². The first-order valence-corrected chi connectivity index (χ1v) is 9.92. The monoisotopic (exact) mass is 402 g/mol. The first kappa shape index (κ1) is 19.6. The van der Waals surface area contributed by atoms with Crippen molar-refractivity contribution >= 4 is 29.3 Å². The van der Waals surface area contributed by atoms with Crippen LogP contribution in [0, 0.1) is 0 Å². The van der Waals surface area contributed by atoms with Crippen molar-refractivity contribution in [1.29, 1.82) is 0 Å². The Morgan fingerprint density at radius 1 is 1.46 bits per heavy atom. The molecule has 2 aliphatic rings. The summed E-state index contributed by atoms with van der Waals surface area (Å²) in [5.41, 5.74) is 0.876. The van der Waals surface area contributed by atoms with Crippen molar-refractivity contribution in [2.45, 2.75) is 11.4 Å². The second-order valence-corrected chi connectivity index (χ2v) is 7.65. The number of hydrogen-bond acceptors (Lipinski definition) is 7. The van der Waals surface area contributed by atoms with Crippen molar-refractivity contribution in [3.05, 3.63) is 22.7 Å². The summed E-state index contributed by atoms with van der Waals surface area (Å²) >= 11 is 7.96. The Hall–Kier alpha value is -1.19. The van der Waals surface area contributed by atoms with Crippen molar-refractivity contribution in [1.82, 2.24) is 10.2 Å². The number of methoxy groups -OCH3 is 1. The zero-order valence-electron chi connectivity index (χ0n) is 14.6. The molecule has 26 heavy (non-hydrogen) atoms. The van der Waals surface area contributed by atoms with Gasteiger partial charge in [0.2, 0.25) is 0 Å². The number of halogens is 1. The van der Waals surface area contributed by atoms with E-state index in [1.54, 1.807) is 7.11 Å². The lowest BCUT2D eigenvalue weighted by Gasteiger charge is -2.26. The van der Waals surface area contributed by atoms with Crippen LogP contribution in [-0.2, 0) is 9.53 Å². The molecule has 2 saturated heterocycles. The van der Waals surface area contributed by atoms with Gasteiger partial charge in [0, 0.05) is 25.4 Å². The normalized spacial score (nSPS) is 23.8. The van der Waals surface area contributed by atoms with Gasteiger partial charge in [-0.3, -0.25) is 15.0 Å². The number of ether oxygens (including phenoxy) is 3. The molecular weight excluding hydrogens is 380 g/mol. The minimum Gasteiger partial charge on any atom is -0.493 e. The largest absolute Gasteiger partial charge is 0.493 e. The Morgan fingerprint density at radius 3 is 2.88 bits per heavy atom. The third-order valence-electron chi connectivity index (χ3n) is 4.39. The number of hydrogen-bond donors (Lipinski definition) is 2. The molecule has 2 N–H and O–H groups in total. The summed E-state index contributed by atoms with van der Waals surface area (Å²) in [6, 6.07) is 3.10. The number of aliphatic carboxylic acids is 1. The van der Waals surface area contributed by atoms with E-state index in [2.05, 4.69) is 10.2 Å². The highest BCUT2D eigenvalue weighted by Gasteiger charge is 2.31. The van der Waals surface area contributed by atoms with E-state index in [1.807, 2.05) is 12.1 Å². The van der Waals surface area contributed by atoms with E-state index in [4.69, 9.17) is 30.9 Å². The van der Waals surface area contributed by atoms with Gasteiger partial charge in [-0.1, -0.05) is 11.6 Å². The number of carbonyl (C=O) groups is 1. The van der Waals surface area contributed by atoms with E-state index in [1.165, 1.54) is 11.8 Å². The summed E-state index contributed by atoms with van der Waals surface area (Å²) in [4.78, 5) is 13.4. The van der Waals surface area contributed by atoms with Crippen LogP contribution in [0.4, 0.5) is 0 Å². The number of carboxylic acid groups (broad SMARTS) is 1. The molecule has 3 rings (SSSR count). The first-order valence-electron chi connectivity index (χ1n) is 8.49. The number of thioether (sulfide) groups is 1. The minimum atomic E-state index is -0.846. The van der Waals surface area contributed by atoms with Gasteiger partial charge in [0.25, 0.3) is 0 Å². The third kappa shape index (κ3) is 4.75. The van der Waals surface area contributed by atoms with Crippen LogP contribution in [0.1, 0.15) is 10.9 Å². The molecule has 0 spiro atoms. The molecule has 0 radical (unpaired) electrons. The lowest BCUT2D eigenvalue weighted by molar-refractivity contribution is -0.138. The molecule has 0 amide bonds. The molecule has 2 atom stereocenters. The van der Waals surface area contributed by atoms with Crippen molar-refractivity contribution in [2.24, 2.45) is 0 Å². The standard InChI is InChI=1S/C17H23ClN2O5S/c1-23-14-9-11(16-19-13(10-26-16)17(21)22)8-12(18)15(14)25-7-4-20-2-5-24-6-3-20/h8-9,13,16,19H,2-7,10H2,1H3,(H,21,22). The fourth-order valence-electron chi connectivity index (χ4n) is 2.94. The summed E-state index contributed by atoms with van der Waals surface area (Å²) in [7, 11) is 1.57. The molecule has 0 saturated carbocycles. The molecule has 2 fully saturated rings. The summed E-state index contributed by atoms with van der Waals surface area (Å²) in [5.74, 6) is 0.735. The fraction of sp³-hybridized carbons (Fsp3) is 0.588. The highest BCUT2D eigenvalue weighted by molar-refractivity contribution is 7.99. The van der Waals surface area contributed by atoms with Gasteiger partial charge in [0.05, 0.1) is 30.7 Å². The maximum absolute atomic E-state index is 11.1. The molecular formula is C17H23ClN2O5S. The average molecular weight is 403 g/mol. The molecule has 144 valence electrons. The van der Waals surface area contributed by atoms with Crippen LogP contribution in [0.25, 0.3) is 0 Å². The fourth-order valence-corrected chi connectivity index (χ4v) is 4.43. The molecule has 9 heteroatoms. The molecule has 2 aliphatic heterocycles. The van der Waals surface area contributed by atoms with Gasteiger partial charge in [0.1, 0.15) is 12.6 Å². The Kier molecular flexibility index (Phi) is 6.88. The summed E-state index contributed by atoms with van der Waals surface area (Å²) in [6.45, 7) is 4.62. The molecule has 7 nitrogen and oxygen atoms in total. The third-order valence-corrected chi connectivity index (χ3v) is 5.94. The van der Waals surface area contributed by atoms with E-state index in [9.17, 15) is 4.79 Å². The Labute approximate surface area is 161 Å². The first-order chi connectivity index (χ1) is 12.6. The SMILES string of the molecule is COc1cc(C2NC(C(=O)O)CS2)cc(Cl)c1OCCN1CCOCC1. The highest BCUT2D eigenvalue weighted by atomic mass is 35.5. The minimum absolute atomic E-state index is 0.134. The van der Waals surface area contributed by atoms with Gasteiger partial charge in [0.15, 0.2) is 11.5 Å². The molecule has 0 bridgehead atoms. The van der Waals surface area contributed by atoms with E-state index in [0.29, 0.717) is 28.9 Å². The van der Waals surface area contributed by atoms with Crippen LogP contribution in [0.3, 0.4) is 0 Å². The van der Waals surface area contributed by atoms with Crippen molar-refractivity contribution in [3.63, 3.8) is 0 Å². The van der Waals surface area contributed by atoms with E-state index >= 15 is 0 Å². The number of benzene rings is 1. The topological polar surface area (TPSA) is 80.3 Å². The molecule has 0 aliphatic carbocycles. The molecule has 2 unspecified atom stereocenters. The Balaban J connectivity index is 1.64. The van der Waals surface area contributed by atoms with Gasteiger partial charge in [-0.15, -0.1) is 11.8 Å². The maximum atomic E-state index is 11.1. The van der Waals surface area contributed by atoms with Crippen LogP contribution in [0.2, 0.25) is 5.02 Å². The second-order valence-electron chi connectivity index (χ2n) is 6.11.